The number of rotatable bonds is 9. The van der Waals surface area contributed by atoms with Crippen molar-refractivity contribution in [1.82, 2.24) is 9.62 Å². The normalized spacial score (nSPS) is 17.8. The van der Waals surface area contributed by atoms with Gasteiger partial charge < -0.3 is 5.32 Å². The van der Waals surface area contributed by atoms with Gasteiger partial charge in [-0.25, -0.2) is 14.6 Å². The first-order valence-corrected chi connectivity index (χ1v) is 11.1. The van der Waals surface area contributed by atoms with E-state index in [1.165, 1.54) is 12.1 Å². The lowest BCUT2D eigenvalue weighted by atomic mass is 9.99. The van der Waals surface area contributed by atoms with Crippen molar-refractivity contribution in [3.63, 3.8) is 0 Å². The molecule has 1 fully saturated rings. The molecule has 8 heteroatoms. The van der Waals surface area contributed by atoms with Crippen LogP contribution in [-0.2, 0) is 4.84 Å². The Morgan fingerprint density at radius 2 is 2.03 bits per heavy atom. The lowest BCUT2D eigenvalue weighted by Gasteiger charge is -2.29. The molecule has 32 heavy (non-hydrogen) atoms. The van der Waals surface area contributed by atoms with E-state index >= 15 is 0 Å². The maximum absolute atomic E-state index is 13.2. The van der Waals surface area contributed by atoms with Crippen molar-refractivity contribution in [3.05, 3.63) is 90.0 Å². The van der Waals surface area contributed by atoms with Gasteiger partial charge in [0.15, 0.2) is 0 Å². The minimum Gasteiger partial charge on any atom is -0.322 e. The molecule has 0 bridgehead atoms. The van der Waals surface area contributed by atoms with Crippen LogP contribution in [0.3, 0.4) is 0 Å². The number of benzene rings is 2. The molecule has 6 nitrogen and oxygen atoms in total. The second kappa shape index (κ2) is 11.7. The second-order valence-electron chi connectivity index (χ2n) is 7.28. The molecule has 0 aliphatic carbocycles. The van der Waals surface area contributed by atoms with Crippen molar-refractivity contribution in [3.8, 4) is 0 Å². The first-order chi connectivity index (χ1) is 15.5. The number of nitrogens with zero attached hydrogens (tertiary/aromatic N) is 2. The van der Waals surface area contributed by atoms with Crippen LogP contribution in [0.5, 0.6) is 0 Å². The Balaban J connectivity index is 1.67. The molecule has 2 aromatic rings. The third-order valence-electron chi connectivity index (χ3n) is 5.07. The number of aliphatic imine (C=N–C) groups is 1. The van der Waals surface area contributed by atoms with Gasteiger partial charge in [0.2, 0.25) is 0 Å². The topological polar surface area (TPSA) is 79.9 Å². The third-order valence-corrected chi connectivity index (χ3v) is 6.24. The zero-order valence-corrected chi connectivity index (χ0v) is 18.7. The van der Waals surface area contributed by atoms with Crippen LogP contribution in [0.15, 0.2) is 83.0 Å². The van der Waals surface area contributed by atoms with Crippen LogP contribution in [0.25, 0.3) is 0 Å². The van der Waals surface area contributed by atoms with Crippen LogP contribution >= 0.6 is 11.9 Å². The smallest absolute Gasteiger partial charge is 0.255 e. The summed E-state index contributed by atoms with van der Waals surface area (Å²) in [6.45, 7) is 6.48. The molecule has 1 aliphatic heterocycles. The summed E-state index contributed by atoms with van der Waals surface area (Å²) < 4.78 is 15.4. The van der Waals surface area contributed by atoms with Crippen LogP contribution in [-0.4, -0.2) is 29.0 Å². The van der Waals surface area contributed by atoms with Crippen molar-refractivity contribution in [1.29, 1.82) is 0 Å². The molecular weight excluding hydrogens is 427 g/mol. The highest BCUT2D eigenvalue weighted by Gasteiger charge is 2.34. The summed E-state index contributed by atoms with van der Waals surface area (Å²) in [6, 6.07) is 13.7. The van der Waals surface area contributed by atoms with Gasteiger partial charge in [-0.3, -0.25) is 14.6 Å². The Kier molecular flexibility index (Phi) is 8.75. The van der Waals surface area contributed by atoms with Gasteiger partial charge in [0, 0.05) is 35.1 Å². The third kappa shape index (κ3) is 6.37. The Bertz CT molecular complexity index is 976. The number of amides is 1. The van der Waals surface area contributed by atoms with Crippen molar-refractivity contribution >= 4 is 24.1 Å². The summed E-state index contributed by atoms with van der Waals surface area (Å²) in [5.74, 6) is 5.17. The first kappa shape index (κ1) is 23.9. The highest BCUT2D eigenvalue weighted by Crippen LogP contribution is 2.38. The van der Waals surface area contributed by atoms with Gasteiger partial charge in [-0.2, -0.15) is 0 Å². The van der Waals surface area contributed by atoms with Crippen molar-refractivity contribution in [2.45, 2.75) is 36.8 Å². The summed E-state index contributed by atoms with van der Waals surface area (Å²) in [4.78, 5) is 22.7. The zero-order valence-electron chi connectivity index (χ0n) is 17.9. The van der Waals surface area contributed by atoms with Gasteiger partial charge in [-0.05, 0) is 79.8 Å². The average Bonchev–Trinajstić information content (AvgIpc) is 3.24. The van der Waals surface area contributed by atoms with E-state index in [2.05, 4.69) is 21.2 Å². The van der Waals surface area contributed by atoms with Gasteiger partial charge in [-0.1, -0.05) is 18.7 Å². The first-order valence-electron chi connectivity index (χ1n) is 10.3. The molecule has 0 saturated carbocycles. The monoisotopic (exact) mass is 454 g/mol. The fourth-order valence-corrected chi connectivity index (χ4v) is 4.61. The lowest BCUT2D eigenvalue weighted by Crippen LogP contribution is -2.32. The van der Waals surface area contributed by atoms with Crippen LogP contribution in [0, 0.1) is 5.82 Å². The molecule has 2 atom stereocenters. The number of allylic oxidation sites excluding steroid dienone is 1. The van der Waals surface area contributed by atoms with E-state index in [0.717, 1.165) is 29.8 Å². The van der Waals surface area contributed by atoms with E-state index in [1.807, 2.05) is 12.1 Å². The summed E-state index contributed by atoms with van der Waals surface area (Å²) in [6.07, 6.45) is 6.41. The predicted octanol–water partition coefficient (Wildman–Crippen LogP) is 4.78. The SMILES string of the molecule is C=C(/C=C\N=CC)NC(=O)c1ccc(C(ON)C2CCCN2Sc2ccc(F)cc2)cc1. The standard InChI is InChI=1S/C24H27FN4O2S/c1-3-27-15-14-17(2)28-24(30)19-8-6-18(7-9-19)23(31-26)22-5-4-16-29(22)32-21-12-10-20(25)11-13-21/h3,6-15,22-23H,2,4-5,16,26H2,1H3,(H,28,30)/b15-14-,27-3?. The average molecular weight is 455 g/mol. The number of nitrogens with one attached hydrogen (secondary N) is 1. The Morgan fingerprint density at radius 1 is 1.31 bits per heavy atom. The molecule has 2 unspecified atom stereocenters. The Hall–Kier alpha value is -2.78. The Morgan fingerprint density at radius 3 is 2.69 bits per heavy atom. The van der Waals surface area contributed by atoms with Gasteiger partial charge in [-0.15, -0.1) is 0 Å². The van der Waals surface area contributed by atoms with Gasteiger partial charge in [0.25, 0.3) is 5.91 Å². The predicted molar refractivity (Wildman–Crippen MR) is 126 cm³/mol. The van der Waals surface area contributed by atoms with Crippen LogP contribution in [0.1, 0.15) is 41.8 Å². The van der Waals surface area contributed by atoms with E-state index in [0.29, 0.717) is 11.3 Å². The van der Waals surface area contributed by atoms with Crippen molar-refractivity contribution in [2.24, 2.45) is 10.9 Å². The molecule has 1 aliphatic rings. The van der Waals surface area contributed by atoms with E-state index in [1.54, 1.807) is 61.6 Å². The van der Waals surface area contributed by atoms with Gasteiger partial charge in [0.05, 0.1) is 6.04 Å². The number of halogens is 1. The van der Waals surface area contributed by atoms with E-state index in [9.17, 15) is 9.18 Å². The van der Waals surface area contributed by atoms with Crippen LogP contribution < -0.4 is 11.2 Å². The number of hydrogen-bond acceptors (Lipinski definition) is 6. The number of hydrogen-bond donors (Lipinski definition) is 2. The van der Waals surface area contributed by atoms with E-state index < -0.39 is 0 Å². The van der Waals surface area contributed by atoms with Gasteiger partial charge in [0.1, 0.15) is 11.9 Å². The second-order valence-corrected chi connectivity index (χ2v) is 8.40. The molecule has 1 heterocycles. The fourth-order valence-electron chi connectivity index (χ4n) is 3.51. The summed E-state index contributed by atoms with van der Waals surface area (Å²) in [5, 5.41) is 2.72. The van der Waals surface area contributed by atoms with E-state index in [4.69, 9.17) is 10.7 Å². The van der Waals surface area contributed by atoms with Crippen molar-refractivity contribution in [2.75, 3.05) is 6.54 Å². The quantitative estimate of drug-likeness (QED) is 0.247. The van der Waals surface area contributed by atoms with E-state index in [-0.39, 0.29) is 23.9 Å². The largest absolute Gasteiger partial charge is 0.322 e. The molecule has 0 radical (unpaired) electrons. The maximum atomic E-state index is 13.2. The molecule has 0 spiro atoms. The number of carbonyl (C=O) groups is 1. The minimum atomic E-state index is -0.354. The summed E-state index contributed by atoms with van der Waals surface area (Å²) in [7, 11) is 0. The Labute approximate surface area is 192 Å². The molecule has 1 amide bonds. The summed E-state index contributed by atoms with van der Waals surface area (Å²) >= 11 is 1.57. The summed E-state index contributed by atoms with van der Waals surface area (Å²) in [5.41, 5.74) is 1.84. The minimum absolute atomic E-state index is 0.0544. The highest BCUT2D eigenvalue weighted by molar-refractivity contribution is 7.97. The molecular formula is C24H27FN4O2S. The highest BCUT2D eigenvalue weighted by atomic mass is 32.2. The number of carbonyl (C=O) groups excluding carboxylic acids is 1. The molecule has 168 valence electrons. The maximum Gasteiger partial charge on any atom is 0.255 e. The molecule has 0 aromatic heterocycles. The molecule has 1 saturated heterocycles. The zero-order chi connectivity index (χ0) is 22.9. The number of nitrogens with two attached hydrogens (primary N) is 1. The lowest BCUT2D eigenvalue weighted by molar-refractivity contribution is 0.0145. The van der Waals surface area contributed by atoms with Gasteiger partial charge >= 0.3 is 0 Å². The van der Waals surface area contributed by atoms with Crippen LogP contribution in [0.4, 0.5) is 4.39 Å². The molecule has 3 rings (SSSR count). The van der Waals surface area contributed by atoms with Crippen LogP contribution in [0.2, 0.25) is 0 Å². The van der Waals surface area contributed by atoms with Crippen molar-refractivity contribution < 1.29 is 14.0 Å². The molecule has 2 aromatic carbocycles. The fraction of sp³-hybridized carbons (Fsp3) is 0.250. The molecule has 3 N–H and O–H groups in total.